The molecule has 1 atom stereocenters. The van der Waals surface area contributed by atoms with E-state index in [1.165, 1.54) is 0 Å². The lowest BCUT2D eigenvalue weighted by Crippen LogP contribution is -2.50. The number of carboxylic acid groups (broad SMARTS) is 1. The topological polar surface area (TPSA) is 88.8 Å². The molecule has 1 aliphatic rings. The fourth-order valence-corrected chi connectivity index (χ4v) is 2.15. The number of halogens is 3. The lowest BCUT2D eigenvalue weighted by Gasteiger charge is -2.31. The van der Waals surface area contributed by atoms with E-state index in [-0.39, 0.29) is 19.7 Å². The van der Waals surface area contributed by atoms with Gasteiger partial charge in [0.25, 0.3) is 5.56 Å². The Labute approximate surface area is 127 Å². The number of aromatic nitrogens is 1. The molecule has 7 nitrogen and oxygen atoms in total. The molecule has 0 aliphatic carbocycles. The number of ether oxygens (including phenoxy) is 1. The van der Waals surface area contributed by atoms with E-state index in [0.29, 0.717) is 10.6 Å². The molecule has 1 aliphatic heterocycles. The zero-order valence-electron chi connectivity index (χ0n) is 11.7. The van der Waals surface area contributed by atoms with Crippen molar-refractivity contribution in [2.75, 3.05) is 19.7 Å². The first-order chi connectivity index (χ1) is 10.7. The molecule has 1 amide bonds. The van der Waals surface area contributed by atoms with Gasteiger partial charge in [0.05, 0.1) is 13.2 Å². The van der Waals surface area contributed by atoms with Gasteiger partial charge in [-0.2, -0.15) is 13.2 Å². The molecule has 126 valence electrons. The fourth-order valence-electron chi connectivity index (χ4n) is 2.15. The first-order valence-corrected chi connectivity index (χ1v) is 6.59. The summed E-state index contributed by atoms with van der Waals surface area (Å²) in [7, 11) is 0. The molecule has 1 N–H and O–H groups in total. The van der Waals surface area contributed by atoms with Gasteiger partial charge in [0.1, 0.15) is 12.1 Å². The molecule has 1 aromatic rings. The van der Waals surface area contributed by atoms with E-state index >= 15 is 0 Å². The number of hydrogen-bond acceptors (Lipinski definition) is 4. The van der Waals surface area contributed by atoms with E-state index in [1.807, 2.05) is 0 Å². The molecule has 0 radical (unpaired) electrons. The van der Waals surface area contributed by atoms with Crippen molar-refractivity contribution in [3.8, 4) is 0 Å². The highest BCUT2D eigenvalue weighted by Crippen LogP contribution is 2.25. The molecular weight excluding hydrogens is 321 g/mol. The highest BCUT2D eigenvalue weighted by molar-refractivity contribution is 5.78. The highest BCUT2D eigenvalue weighted by Gasteiger charge is 2.35. The molecule has 1 fully saturated rings. The Kier molecular flexibility index (Phi) is 4.73. The van der Waals surface area contributed by atoms with Crippen LogP contribution in [0.15, 0.2) is 23.1 Å². The zero-order valence-corrected chi connectivity index (χ0v) is 11.7. The Morgan fingerprint density at radius 3 is 2.70 bits per heavy atom. The predicted molar refractivity (Wildman–Crippen MR) is 69.7 cm³/mol. The molecule has 0 bridgehead atoms. The summed E-state index contributed by atoms with van der Waals surface area (Å²) in [5, 5.41) is 8.85. The minimum atomic E-state index is -4.81. The number of amides is 1. The van der Waals surface area contributed by atoms with Gasteiger partial charge in [-0.15, -0.1) is 0 Å². The number of carbonyl (C=O) groups excluding carboxylic acids is 1. The quantitative estimate of drug-likeness (QED) is 0.852. The maximum Gasteiger partial charge on any atom is 0.421 e. The molecule has 2 rings (SSSR count). The van der Waals surface area contributed by atoms with E-state index in [4.69, 9.17) is 9.84 Å². The van der Waals surface area contributed by atoms with Crippen molar-refractivity contribution in [3.05, 3.63) is 34.2 Å². The Morgan fingerprint density at radius 1 is 1.39 bits per heavy atom. The van der Waals surface area contributed by atoms with Gasteiger partial charge in [-0.3, -0.25) is 9.59 Å². The average molecular weight is 334 g/mol. The van der Waals surface area contributed by atoms with Crippen molar-refractivity contribution in [2.45, 2.75) is 18.8 Å². The summed E-state index contributed by atoms with van der Waals surface area (Å²) in [4.78, 5) is 35.8. The third-order valence-corrected chi connectivity index (χ3v) is 3.33. The maximum atomic E-state index is 12.7. The van der Waals surface area contributed by atoms with Crippen molar-refractivity contribution < 1.29 is 32.6 Å². The van der Waals surface area contributed by atoms with Gasteiger partial charge >= 0.3 is 12.1 Å². The van der Waals surface area contributed by atoms with Gasteiger partial charge in [-0.1, -0.05) is 0 Å². The van der Waals surface area contributed by atoms with Crippen molar-refractivity contribution in [1.82, 2.24) is 9.47 Å². The molecule has 1 saturated heterocycles. The van der Waals surface area contributed by atoms with Crippen LogP contribution in [0.25, 0.3) is 0 Å². The van der Waals surface area contributed by atoms with Crippen LogP contribution in [-0.4, -0.2) is 52.3 Å². The predicted octanol–water partition coefficient (Wildman–Crippen LogP) is 0.179. The monoisotopic (exact) mass is 334 g/mol. The first kappa shape index (κ1) is 17.0. The molecule has 0 spiro atoms. The fraction of sp³-hybridized carbons (Fsp3) is 0.462. The van der Waals surface area contributed by atoms with Crippen LogP contribution in [0.1, 0.15) is 5.56 Å². The van der Waals surface area contributed by atoms with E-state index in [0.717, 1.165) is 17.2 Å². The minimum absolute atomic E-state index is 0.000195. The Hall–Kier alpha value is -2.36. The Morgan fingerprint density at radius 2 is 2.09 bits per heavy atom. The van der Waals surface area contributed by atoms with Crippen molar-refractivity contribution in [3.63, 3.8) is 0 Å². The number of carbonyl (C=O) groups is 2. The Balaban J connectivity index is 2.15. The lowest BCUT2D eigenvalue weighted by molar-refractivity contribution is -0.159. The second-order valence-corrected chi connectivity index (χ2v) is 4.89. The highest BCUT2D eigenvalue weighted by atomic mass is 19.4. The average Bonchev–Trinajstić information content (AvgIpc) is 2.48. The van der Waals surface area contributed by atoms with Crippen molar-refractivity contribution >= 4 is 11.9 Å². The van der Waals surface area contributed by atoms with Crippen LogP contribution in [0.5, 0.6) is 0 Å². The number of rotatable bonds is 3. The zero-order chi connectivity index (χ0) is 17.2. The van der Waals surface area contributed by atoms with Crippen LogP contribution < -0.4 is 5.56 Å². The van der Waals surface area contributed by atoms with E-state index in [9.17, 15) is 27.6 Å². The largest absolute Gasteiger partial charge is 0.479 e. The van der Waals surface area contributed by atoms with E-state index in [1.54, 1.807) is 0 Å². The summed E-state index contributed by atoms with van der Waals surface area (Å²) in [5.74, 6) is -1.89. The summed E-state index contributed by atoms with van der Waals surface area (Å²) in [5.41, 5.74) is -2.69. The molecule has 0 aromatic carbocycles. The molecule has 0 saturated carbocycles. The number of hydrogen-bond donors (Lipinski definition) is 1. The third-order valence-electron chi connectivity index (χ3n) is 3.33. The normalized spacial score (nSPS) is 18.7. The van der Waals surface area contributed by atoms with Gasteiger partial charge in [0.2, 0.25) is 5.91 Å². The number of nitrogens with zero attached hydrogens (tertiary/aromatic N) is 2. The second kappa shape index (κ2) is 6.41. The standard InChI is InChI=1S/C13H13F3N2O5/c14-13(15,16)8-2-1-3-18(11(8)20)7-10(19)17-4-5-23-9(6-17)12(21)22/h1-3,9H,4-7H2,(H,21,22)/t9-/m0/s1. The summed E-state index contributed by atoms with van der Waals surface area (Å²) in [6.45, 7) is -0.715. The summed E-state index contributed by atoms with van der Waals surface area (Å²) in [6.07, 6.45) is -4.92. The summed E-state index contributed by atoms with van der Waals surface area (Å²) in [6, 6.07) is 1.66. The number of aliphatic carboxylic acids is 1. The molecule has 10 heteroatoms. The number of alkyl halides is 3. The second-order valence-electron chi connectivity index (χ2n) is 4.89. The van der Waals surface area contributed by atoms with Crippen molar-refractivity contribution in [1.29, 1.82) is 0 Å². The third kappa shape index (κ3) is 3.89. The van der Waals surface area contributed by atoms with Gasteiger partial charge in [0.15, 0.2) is 6.10 Å². The van der Waals surface area contributed by atoms with Crippen LogP contribution in [0.4, 0.5) is 13.2 Å². The van der Waals surface area contributed by atoms with Gasteiger partial charge in [-0.05, 0) is 12.1 Å². The van der Waals surface area contributed by atoms with E-state index < -0.39 is 41.8 Å². The van der Waals surface area contributed by atoms with Crippen LogP contribution in [-0.2, 0) is 27.0 Å². The number of morpholine rings is 1. The lowest BCUT2D eigenvalue weighted by atomic mass is 10.2. The Bertz CT molecular complexity index is 670. The van der Waals surface area contributed by atoms with Crippen LogP contribution in [0, 0.1) is 0 Å². The summed E-state index contributed by atoms with van der Waals surface area (Å²) < 4.78 is 43.6. The van der Waals surface area contributed by atoms with Gasteiger partial charge in [-0.25, -0.2) is 4.79 Å². The SMILES string of the molecule is O=C(O)[C@@H]1CN(C(=O)Cn2cccc(C(F)(F)F)c2=O)CCO1. The number of pyridine rings is 1. The molecule has 1 aromatic heterocycles. The first-order valence-electron chi connectivity index (χ1n) is 6.59. The minimum Gasteiger partial charge on any atom is -0.479 e. The number of carboxylic acids is 1. The van der Waals surface area contributed by atoms with E-state index in [2.05, 4.69) is 0 Å². The van der Waals surface area contributed by atoms with Crippen LogP contribution in [0.2, 0.25) is 0 Å². The molecular formula is C13H13F3N2O5. The summed E-state index contributed by atoms with van der Waals surface area (Å²) >= 11 is 0. The maximum absolute atomic E-state index is 12.7. The molecule has 2 heterocycles. The van der Waals surface area contributed by atoms with Gasteiger partial charge < -0.3 is 19.3 Å². The van der Waals surface area contributed by atoms with Gasteiger partial charge in [0, 0.05) is 12.7 Å². The molecule has 0 unspecified atom stereocenters. The van der Waals surface area contributed by atoms with Crippen LogP contribution >= 0.6 is 0 Å². The molecule has 23 heavy (non-hydrogen) atoms. The van der Waals surface area contributed by atoms with Crippen molar-refractivity contribution in [2.24, 2.45) is 0 Å². The van der Waals surface area contributed by atoms with Crippen LogP contribution in [0.3, 0.4) is 0 Å². The smallest absolute Gasteiger partial charge is 0.421 e.